The molecule has 0 fully saturated rings. The first-order valence-electron chi connectivity index (χ1n) is 6.62. The van der Waals surface area contributed by atoms with Crippen LogP contribution in [-0.4, -0.2) is 21.0 Å². The number of anilines is 1. The Labute approximate surface area is 131 Å². The van der Waals surface area contributed by atoms with Gasteiger partial charge in [-0.25, -0.2) is 14.8 Å². The monoisotopic (exact) mass is 313 g/mol. The predicted molar refractivity (Wildman–Crippen MR) is 85.3 cm³/mol. The van der Waals surface area contributed by atoms with Crippen LogP contribution in [0.4, 0.5) is 5.82 Å². The summed E-state index contributed by atoms with van der Waals surface area (Å²) in [5.74, 6) is -0.439. The maximum absolute atomic E-state index is 10.8. The summed E-state index contributed by atoms with van der Waals surface area (Å²) >= 11 is 6.12. The zero-order valence-electron chi connectivity index (χ0n) is 11.5. The lowest BCUT2D eigenvalue weighted by molar-refractivity contribution is 0.0697. The molecule has 3 rings (SSSR count). The lowest BCUT2D eigenvalue weighted by atomic mass is 10.1. The van der Waals surface area contributed by atoms with Gasteiger partial charge in [0.2, 0.25) is 0 Å². The van der Waals surface area contributed by atoms with E-state index in [9.17, 15) is 4.79 Å². The van der Waals surface area contributed by atoms with Gasteiger partial charge < -0.3 is 10.4 Å². The fourth-order valence-electron chi connectivity index (χ4n) is 2.04. The van der Waals surface area contributed by atoms with Crippen molar-refractivity contribution in [3.63, 3.8) is 0 Å². The van der Waals surface area contributed by atoms with Crippen molar-refractivity contribution in [3.05, 3.63) is 64.8 Å². The smallest absolute Gasteiger partial charge is 0.335 e. The third-order valence-corrected chi connectivity index (χ3v) is 3.45. The van der Waals surface area contributed by atoms with E-state index >= 15 is 0 Å². The number of aromatic nitrogens is 2. The molecule has 0 bridgehead atoms. The molecule has 110 valence electrons. The summed E-state index contributed by atoms with van der Waals surface area (Å²) in [7, 11) is 0. The Morgan fingerprint density at radius 2 is 1.68 bits per heavy atom. The zero-order valence-corrected chi connectivity index (χ0v) is 12.2. The third kappa shape index (κ3) is 2.99. The normalized spacial score (nSPS) is 10.6. The summed E-state index contributed by atoms with van der Waals surface area (Å²) in [5.41, 5.74) is 2.68. The molecular formula is C16H12ClN3O2. The number of nitrogens with zero attached hydrogens (tertiary/aromatic N) is 2. The molecule has 6 heteroatoms. The van der Waals surface area contributed by atoms with Crippen LogP contribution in [0.3, 0.4) is 0 Å². The van der Waals surface area contributed by atoms with Gasteiger partial charge >= 0.3 is 5.97 Å². The van der Waals surface area contributed by atoms with Crippen molar-refractivity contribution in [2.24, 2.45) is 0 Å². The number of para-hydroxylation sites is 2. The summed E-state index contributed by atoms with van der Waals surface area (Å²) in [6.45, 7) is 0.479. The van der Waals surface area contributed by atoms with E-state index in [0.29, 0.717) is 17.5 Å². The van der Waals surface area contributed by atoms with Gasteiger partial charge in [-0.05, 0) is 29.8 Å². The second-order valence-corrected chi connectivity index (χ2v) is 5.07. The van der Waals surface area contributed by atoms with Gasteiger partial charge in [0.1, 0.15) is 0 Å². The molecule has 2 aromatic carbocycles. The SMILES string of the molecule is O=C(O)c1ccc(CNc2nc3ccccc3nc2Cl)cc1. The molecular weight excluding hydrogens is 302 g/mol. The average molecular weight is 314 g/mol. The van der Waals surface area contributed by atoms with Crippen LogP contribution < -0.4 is 5.32 Å². The van der Waals surface area contributed by atoms with Crippen LogP contribution in [0.25, 0.3) is 11.0 Å². The Kier molecular flexibility index (Phi) is 3.89. The first-order chi connectivity index (χ1) is 10.6. The Bertz CT molecular complexity index is 834. The fourth-order valence-corrected chi connectivity index (χ4v) is 2.24. The minimum Gasteiger partial charge on any atom is -0.478 e. The third-order valence-electron chi connectivity index (χ3n) is 3.19. The Morgan fingerprint density at radius 1 is 1.05 bits per heavy atom. The number of nitrogens with one attached hydrogen (secondary N) is 1. The van der Waals surface area contributed by atoms with E-state index in [1.807, 2.05) is 24.3 Å². The number of carbonyl (C=O) groups is 1. The molecule has 2 N–H and O–H groups in total. The highest BCUT2D eigenvalue weighted by Crippen LogP contribution is 2.21. The standard InChI is InChI=1S/C16H12ClN3O2/c17-14-15(20-13-4-2-1-3-12(13)19-14)18-9-10-5-7-11(8-6-10)16(21)22/h1-8H,9H2,(H,18,20)(H,21,22). The highest BCUT2D eigenvalue weighted by molar-refractivity contribution is 6.32. The second kappa shape index (κ2) is 5.99. The molecule has 3 aromatic rings. The number of carboxylic acids is 1. The van der Waals surface area contributed by atoms with Crippen molar-refractivity contribution in [2.45, 2.75) is 6.54 Å². The van der Waals surface area contributed by atoms with Gasteiger partial charge in [-0.15, -0.1) is 0 Å². The van der Waals surface area contributed by atoms with Crippen molar-refractivity contribution in [1.29, 1.82) is 0 Å². The Morgan fingerprint density at radius 3 is 2.32 bits per heavy atom. The molecule has 0 aliphatic carbocycles. The first-order valence-corrected chi connectivity index (χ1v) is 6.99. The molecule has 5 nitrogen and oxygen atoms in total. The molecule has 0 amide bonds. The van der Waals surface area contributed by atoms with Gasteiger partial charge in [-0.2, -0.15) is 0 Å². The van der Waals surface area contributed by atoms with Crippen LogP contribution in [0, 0.1) is 0 Å². The minimum atomic E-state index is -0.942. The summed E-state index contributed by atoms with van der Waals surface area (Å²) in [4.78, 5) is 19.5. The van der Waals surface area contributed by atoms with Gasteiger partial charge in [0, 0.05) is 6.54 Å². The molecule has 1 heterocycles. The summed E-state index contributed by atoms with van der Waals surface area (Å²) in [5, 5.41) is 12.3. The predicted octanol–water partition coefficient (Wildman–Crippen LogP) is 3.59. The van der Waals surface area contributed by atoms with Crippen molar-refractivity contribution in [3.8, 4) is 0 Å². The van der Waals surface area contributed by atoms with Crippen LogP contribution in [-0.2, 0) is 6.54 Å². The molecule has 1 aromatic heterocycles. The number of benzene rings is 2. The molecule has 0 aliphatic heterocycles. The molecule has 0 saturated carbocycles. The first kappa shape index (κ1) is 14.3. The van der Waals surface area contributed by atoms with Crippen LogP contribution in [0.15, 0.2) is 48.5 Å². The number of carboxylic acid groups (broad SMARTS) is 1. The summed E-state index contributed by atoms with van der Waals surface area (Å²) < 4.78 is 0. The highest BCUT2D eigenvalue weighted by atomic mass is 35.5. The Balaban J connectivity index is 1.78. The lowest BCUT2D eigenvalue weighted by Crippen LogP contribution is -2.04. The number of rotatable bonds is 4. The van der Waals surface area contributed by atoms with Gasteiger partial charge in [0.05, 0.1) is 16.6 Å². The largest absolute Gasteiger partial charge is 0.478 e. The summed E-state index contributed by atoms with van der Waals surface area (Å²) in [6, 6.07) is 14.1. The van der Waals surface area contributed by atoms with Crippen molar-refractivity contribution >= 4 is 34.4 Å². The van der Waals surface area contributed by atoms with E-state index in [2.05, 4.69) is 15.3 Å². The van der Waals surface area contributed by atoms with Crippen LogP contribution >= 0.6 is 11.6 Å². The van der Waals surface area contributed by atoms with Crippen molar-refractivity contribution in [1.82, 2.24) is 9.97 Å². The molecule has 0 saturated heterocycles. The molecule has 0 aliphatic rings. The molecule has 0 radical (unpaired) electrons. The van der Waals surface area contributed by atoms with E-state index in [1.54, 1.807) is 24.3 Å². The number of hydrogen-bond acceptors (Lipinski definition) is 4. The number of fused-ring (bicyclic) bond motifs is 1. The van der Waals surface area contributed by atoms with E-state index < -0.39 is 5.97 Å². The van der Waals surface area contributed by atoms with Gasteiger partial charge in [-0.1, -0.05) is 35.9 Å². The van der Waals surface area contributed by atoms with E-state index in [-0.39, 0.29) is 5.56 Å². The quantitative estimate of drug-likeness (QED) is 0.770. The maximum Gasteiger partial charge on any atom is 0.335 e. The molecule has 0 spiro atoms. The maximum atomic E-state index is 10.8. The van der Waals surface area contributed by atoms with Gasteiger partial charge in [-0.3, -0.25) is 0 Å². The molecule has 22 heavy (non-hydrogen) atoms. The van der Waals surface area contributed by atoms with E-state index in [0.717, 1.165) is 16.6 Å². The zero-order chi connectivity index (χ0) is 15.5. The highest BCUT2D eigenvalue weighted by Gasteiger charge is 2.07. The second-order valence-electron chi connectivity index (χ2n) is 4.71. The Hall–Kier alpha value is -2.66. The number of halogens is 1. The van der Waals surface area contributed by atoms with E-state index in [4.69, 9.17) is 16.7 Å². The van der Waals surface area contributed by atoms with E-state index in [1.165, 1.54) is 0 Å². The van der Waals surface area contributed by atoms with Gasteiger partial charge in [0.15, 0.2) is 11.0 Å². The minimum absolute atomic E-state index is 0.257. The summed E-state index contributed by atoms with van der Waals surface area (Å²) in [6.07, 6.45) is 0. The fraction of sp³-hybridized carbons (Fsp3) is 0.0625. The van der Waals surface area contributed by atoms with Crippen LogP contribution in [0.1, 0.15) is 15.9 Å². The molecule has 0 unspecified atom stereocenters. The number of hydrogen-bond donors (Lipinski definition) is 2. The van der Waals surface area contributed by atoms with Crippen molar-refractivity contribution < 1.29 is 9.90 Å². The number of aromatic carboxylic acids is 1. The van der Waals surface area contributed by atoms with Crippen molar-refractivity contribution in [2.75, 3.05) is 5.32 Å². The average Bonchev–Trinajstić information content (AvgIpc) is 2.53. The van der Waals surface area contributed by atoms with Crippen LogP contribution in [0.5, 0.6) is 0 Å². The van der Waals surface area contributed by atoms with Gasteiger partial charge in [0.25, 0.3) is 0 Å². The van der Waals surface area contributed by atoms with Crippen LogP contribution in [0.2, 0.25) is 5.15 Å². The lowest BCUT2D eigenvalue weighted by Gasteiger charge is -2.08. The molecule has 0 atom stereocenters. The topological polar surface area (TPSA) is 75.1 Å².